The number of hydrogen-bond acceptors (Lipinski definition) is 3. The summed E-state index contributed by atoms with van der Waals surface area (Å²) in [5.41, 5.74) is 1.43. The second-order valence-corrected chi connectivity index (χ2v) is 4.40. The first-order valence-corrected chi connectivity index (χ1v) is 6.40. The van der Waals surface area contributed by atoms with Crippen molar-refractivity contribution >= 4 is 11.6 Å². The Balaban J connectivity index is 2.10. The number of nitrogens with one attached hydrogen (secondary N) is 2. The molecule has 0 spiro atoms. The van der Waals surface area contributed by atoms with Crippen LogP contribution in [-0.2, 0) is 13.6 Å². The number of anilines is 1. The third kappa shape index (κ3) is 3.14. The Morgan fingerprint density at radius 1 is 1.45 bits per heavy atom. The van der Waals surface area contributed by atoms with Crippen LogP contribution in [0.1, 0.15) is 22.8 Å². The Hall–Kier alpha value is -2.37. The summed E-state index contributed by atoms with van der Waals surface area (Å²) in [6.07, 6.45) is 3.49. The summed E-state index contributed by atoms with van der Waals surface area (Å²) in [5, 5.41) is 9.65. The number of amides is 1. The lowest BCUT2D eigenvalue weighted by molar-refractivity contribution is 0.0951. The van der Waals surface area contributed by atoms with E-state index in [-0.39, 0.29) is 11.6 Å². The third-order valence-electron chi connectivity index (χ3n) is 2.82. The number of benzene rings is 1. The summed E-state index contributed by atoms with van der Waals surface area (Å²) < 4.78 is 15.4. The molecule has 0 aliphatic heterocycles. The van der Waals surface area contributed by atoms with Gasteiger partial charge in [-0.1, -0.05) is 6.07 Å². The van der Waals surface area contributed by atoms with E-state index in [0.717, 1.165) is 5.56 Å². The van der Waals surface area contributed by atoms with Crippen LogP contribution in [0.3, 0.4) is 0 Å². The lowest BCUT2D eigenvalue weighted by atomic mass is 10.1. The zero-order chi connectivity index (χ0) is 14.5. The van der Waals surface area contributed by atoms with Gasteiger partial charge in [0, 0.05) is 31.9 Å². The van der Waals surface area contributed by atoms with Crippen LogP contribution in [-0.4, -0.2) is 22.2 Å². The largest absolute Gasteiger partial charge is 0.382 e. The van der Waals surface area contributed by atoms with E-state index in [1.807, 2.05) is 13.1 Å². The van der Waals surface area contributed by atoms with Crippen LogP contribution in [0.25, 0.3) is 0 Å². The van der Waals surface area contributed by atoms with Gasteiger partial charge in [0.05, 0.1) is 17.4 Å². The minimum Gasteiger partial charge on any atom is -0.382 e. The van der Waals surface area contributed by atoms with Gasteiger partial charge in [0.2, 0.25) is 0 Å². The molecule has 0 fully saturated rings. The quantitative estimate of drug-likeness (QED) is 0.877. The fourth-order valence-electron chi connectivity index (χ4n) is 1.91. The maximum atomic E-state index is 13.7. The molecule has 0 atom stereocenters. The molecule has 1 aromatic heterocycles. The Kier molecular flexibility index (Phi) is 4.34. The summed E-state index contributed by atoms with van der Waals surface area (Å²) in [6, 6.07) is 4.45. The highest BCUT2D eigenvalue weighted by Gasteiger charge is 2.14. The Labute approximate surface area is 116 Å². The van der Waals surface area contributed by atoms with Crippen LogP contribution >= 0.6 is 0 Å². The molecule has 0 saturated heterocycles. The molecule has 20 heavy (non-hydrogen) atoms. The lowest BCUT2D eigenvalue weighted by Crippen LogP contribution is -2.24. The fourth-order valence-corrected chi connectivity index (χ4v) is 1.91. The molecule has 2 N–H and O–H groups in total. The van der Waals surface area contributed by atoms with Gasteiger partial charge >= 0.3 is 0 Å². The molecule has 0 radical (unpaired) electrons. The molecule has 106 valence electrons. The SMILES string of the molecule is CCNc1c(F)cccc1C(=O)NCc1cnn(C)c1. The van der Waals surface area contributed by atoms with Gasteiger partial charge in [-0.2, -0.15) is 5.10 Å². The van der Waals surface area contributed by atoms with Crippen molar-refractivity contribution in [3.63, 3.8) is 0 Å². The van der Waals surface area contributed by atoms with Crippen LogP contribution < -0.4 is 10.6 Å². The van der Waals surface area contributed by atoms with E-state index in [1.165, 1.54) is 12.1 Å². The van der Waals surface area contributed by atoms with Gasteiger partial charge in [-0.25, -0.2) is 4.39 Å². The van der Waals surface area contributed by atoms with Crippen molar-refractivity contribution in [3.05, 3.63) is 47.5 Å². The second kappa shape index (κ2) is 6.18. The van der Waals surface area contributed by atoms with Crippen molar-refractivity contribution in [3.8, 4) is 0 Å². The first-order chi connectivity index (χ1) is 9.61. The highest BCUT2D eigenvalue weighted by atomic mass is 19.1. The third-order valence-corrected chi connectivity index (χ3v) is 2.82. The molecule has 1 amide bonds. The fraction of sp³-hybridized carbons (Fsp3) is 0.286. The zero-order valence-corrected chi connectivity index (χ0v) is 11.5. The number of hydrogen-bond donors (Lipinski definition) is 2. The second-order valence-electron chi connectivity index (χ2n) is 4.40. The normalized spacial score (nSPS) is 10.3. The topological polar surface area (TPSA) is 59.0 Å². The molecule has 1 heterocycles. The van der Waals surface area contributed by atoms with Gasteiger partial charge in [0.15, 0.2) is 0 Å². The maximum Gasteiger partial charge on any atom is 0.253 e. The number of halogens is 1. The molecule has 2 rings (SSSR count). The lowest BCUT2D eigenvalue weighted by Gasteiger charge is -2.11. The van der Waals surface area contributed by atoms with Gasteiger partial charge in [0.1, 0.15) is 5.82 Å². The van der Waals surface area contributed by atoms with Crippen molar-refractivity contribution in [2.75, 3.05) is 11.9 Å². The van der Waals surface area contributed by atoms with Gasteiger partial charge in [-0.05, 0) is 19.1 Å². The summed E-state index contributed by atoms with van der Waals surface area (Å²) >= 11 is 0. The van der Waals surface area contributed by atoms with E-state index in [9.17, 15) is 9.18 Å². The monoisotopic (exact) mass is 276 g/mol. The number of para-hydroxylation sites is 1. The molecule has 0 saturated carbocycles. The molecule has 1 aromatic carbocycles. The van der Waals surface area contributed by atoms with Crippen molar-refractivity contribution in [1.29, 1.82) is 0 Å². The average molecular weight is 276 g/mol. The number of carbonyl (C=O) groups excluding carboxylic acids is 1. The Morgan fingerprint density at radius 2 is 2.25 bits per heavy atom. The number of rotatable bonds is 5. The number of nitrogens with zero attached hydrogens (tertiary/aromatic N) is 2. The van der Waals surface area contributed by atoms with Crippen LogP contribution in [0.2, 0.25) is 0 Å². The van der Waals surface area contributed by atoms with Gasteiger partial charge in [-0.15, -0.1) is 0 Å². The molecule has 5 nitrogen and oxygen atoms in total. The van der Waals surface area contributed by atoms with E-state index in [1.54, 1.807) is 24.0 Å². The van der Waals surface area contributed by atoms with Crippen LogP contribution in [0.15, 0.2) is 30.6 Å². The van der Waals surface area contributed by atoms with Crippen LogP contribution in [0, 0.1) is 5.82 Å². The Bertz CT molecular complexity index is 609. The molecule has 6 heteroatoms. The van der Waals surface area contributed by atoms with E-state index >= 15 is 0 Å². The molecular weight excluding hydrogens is 259 g/mol. The van der Waals surface area contributed by atoms with E-state index < -0.39 is 5.82 Å². The maximum absolute atomic E-state index is 13.7. The first-order valence-electron chi connectivity index (χ1n) is 6.40. The first kappa shape index (κ1) is 14.0. The number of carbonyl (C=O) groups is 1. The van der Waals surface area contributed by atoms with Crippen molar-refractivity contribution in [2.45, 2.75) is 13.5 Å². The van der Waals surface area contributed by atoms with Crippen molar-refractivity contribution in [1.82, 2.24) is 15.1 Å². The van der Waals surface area contributed by atoms with Crippen LogP contribution in [0.4, 0.5) is 10.1 Å². The van der Waals surface area contributed by atoms with Crippen molar-refractivity contribution in [2.24, 2.45) is 7.05 Å². The molecule has 0 aliphatic carbocycles. The molecule has 0 unspecified atom stereocenters. The number of aromatic nitrogens is 2. The summed E-state index contributed by atoms with van der Waals surface area (Å²) in [6.45, 7) is 2.75. The van der Waals surface area contributed by atoms with Crippen molar-refractivity contribution < 1.29 is 9.18 Å². The molecule has 2 aromatic rings. The van der Waals surface area contributed by atoms with E-state index in [0.29, 0.717) is 18.7 Å². The van der Waals surface area contributed by atoms with E-state index in [2.05, 4.69) is 15.7 Å². The summed E-state index contributed by atoms with van der Waals surface area (Å²) in [4.78, 5) is 12.1. The minimum absolute atomic E-state index is 0.235. The predicted molar refractivity (Wildman–Crippen MR) is 74.9 cm³/mol. The minimum atomic E-state index is -0.430. The summed E-state index contributed by atoms with van der Waals surface area (Å²) in [7, 11) is 1.81. The van der Waals surface area contributed by atoms with Crippen LogP contribution in [0.5, 0.6) is 0 Å². The highest BCUT2D eigenvalue weighted by molar-refractivity contribution is 5.99. The van der Waals surface area contributed by atoms with E-state index in [4.69, 9.17) is 0 Å². The molecule has 0 aliphatic rings. The van der Waals surface area contributed by atoms with Gasteiger partial charge < -0.3 is 10.6 Å². The van der Waals surface area contributed by atoms with Gasteiger partial charge in [-0.3, -0.25) is 9.48 Å². The highest BCUT2D eigenvalue weighted by Crippen LogP contribution is 2.19. The Morgan fingerprint density at radius 3 is 2.90 bits per heavy atom. The molecular formula is C14H17FN4O. The van der Waals surface area contributed by atoms with Gasteiger partial charge in [0.25, 0.3) is 5.91 Å². The standard InChI is InChI=1S/C14H17FN4O/c1-3-16-13-11(5-4-6-12(13)15)14(20)17-7-10-8-18-19(2)9-10/h4-6,8-9,16H,3,7H2,1-2H3,(H,17,20). The number of aryl methyl sites for hydroxylation is 1. The smallest absolute Gasteiger partial charge is 0.253 e. The average Bonchev–Trinajstić information content (AvgIpc) is 2.84. The summed E-state index contributed by atoms with van der Waals surface area (Å²) in [5.74, 6) is -0.745. The predicted octanol–water partition coefficient (Wildman–Crippen LogP) is 1.92. The molecule has 0 bridgehead atoms. The zero-order valence-electron chi connectivity index (χ0n) is 11.5.